The number of ketones is 1. The zero-order valence-electron chi connectivity index (χ0n) is 31.0. The van der Waals surface area contributed by atoms with Gasteiger partial charge in [-0.3, -0.25) is 14.5 Å². The van der Waals surface area contributed by atoms with E-state index in [0.29, 0.717) is 24.9 Å². The molecule has 2 bridgehead atoms. The molecule has 12 nitrogen and oxygen atoms in total. The van der Waals surface area contributed by atoms with E-state index in [1.54, 1.807) is 25.9 Å². The van der Waals surface area contributed by atoms with Gasteiger partial charge in [-0.1, -0.05) is 39.8 Å². The summed E-state index contributed by atoms with van der Waals surface area (Å²) in [6.45, 7) is 15.1. The fourth-order valence-corrected chi connectivity index (χ4v) is 9.08. The van der Waals surface area contributed by atoms with Crippen molar-refractivity contribution in [2.75, 3.05) is 31.4 Å². The van der Waals surface area contributed by atoms with Crippen LogP contribution in [-0.2, 0) is 33.3 Å². The molecule has 4 heterocycles. The predicted octanol–water partition coefficient (Wildman–Crippen LogP) is 4.62. The molecule has 0 aliphatic carbocycles. The van der Waals surface area contributed by atoms with E-state index in [1.165, 1.54) is 0 Å². The highest BCUT2D eigenvalue weighted by Gasteiger charge is 2.62. The smallest absolute Gasteiger partial charge is 0.415 e. The first kappa shape index (κ1) is 37.5. The number of hydrogen-bond acceptors (Lipinski definition) is 11. The number of likely N-dealkylation sites (N-methyl/N-ethyl adjacent to an activating group) is 1. The number of fused-ring (bicyclic) bond motifs is 3. The Balaban J connectivity index is 1.63. The minimum absolute atomic E-state index is 0.102. The normalized spacial score (nSPS) is 43.2. The maximum Gasteiger partial charge on any atom is 0.415 e. The van der Waals surface area contributed by atoms with Crippen molar-refractivity contribution in [3.8, 4) is 0 Å². The fourth-order valence-electron chi connectivity index (χ4n) is 9.08. The van der Waals surface area contributed by atoms with Gasteiger partial charge in [-0.15, -0.1) is 0 Å². The summed E-state index contributed by atoms with van der Waals surface area (Å²) >= 11 is 0. The van der Waals surface area contributed by atoms with Crippen LogP contribution in [0.15, 0.2) is 24.3 Å². The lowest BCUT2D eigenvalue weighted by atomic mass is 9.71. The number of para-hydroxylation sites is 2. The number of anilines is 2. The molecule has 3 saturated heterocycles. The number of amides is 1. The van der Waals surface area contributed by atoms with Crippen LogP contribution >= 0.6 is 0 Å². The van der Waals surface area contributed by atoms with Crippen molar-refractivity contribution in [3.05, 3.63) is 24.3 Å². The van der Waals surface area contributed by atoms with Crippen molar-refractivity contribution in [1.29, 1.82) is 0 Å². The Morgan fingerprint density at radius 1 is 1.08 bits per heavy atom. The third kappa shape index (κ3) is 6.59. The number of Topliss-reactive ketones (excluding diaryl/α,β-unsaturated/α-hetero) is 1. The molecule has 4 aliphatic heterocycles. The largest absolute Gasteiger partial charge is 0.458 e. The fraction of sp³-hybridized carbons (Fsp3) is 0.757. The van der Waals surface area contributed by atoms with E-state index in [0.717, 1.165) is 5.69 Å². The van der Waals surface area contributed by atoms with Gasteiger partial charge in [0.15, 0.2) is 17.7 Å². The summed E-state index contributed by atoms with van der Waals surface area (Å²) in [5.74, 6) is -3.38. The maximum atomic E-state index is 14.3. The Bertz CT molecular complexity index is 1390. The lowest BCUT2D eigenvalue weighted by Gasteiger charge is -2.48. The van der Waals surface area contributed by atoms with Crippen molar-refractivity contribution in [2.24, 2.45) is 23.7 Å². The lowest BCUT2D eigenvalue weighted by molar-refractivity contribution is -0.295. The molecular weight excluding hydrogens is 630 g/mol. The number of nitrogens with zero attached hydrogens (tertiary/aromatic N) is 2. The number of esters is 1. The van der Waals surface area contributed by atoms with Crippen molar-refractivity contribution in [3.63, 3.8) is 0 Å². The van der Waals surface area contributed by atoms with Crippen LogP contribution in [0.1, 0.15) is 74.7 Å². The van der Waals surface area contributed by atoms with Gasteiger partial charge < -0.3 is 39.0 Å². The number of benzene rings is 1. The first-order valence-corrected chi connectivity index (χ1v) is 17.8. The molecule has 1 aromatic rings. The molecule has 14 atom stereocenters. The maximum absolute atomic E-state index is 14.3. The lowest BCUT2D eigenvalue weighted by Crippen LogP contribution is -2.61. The predicted molar refractivity (Wildman–Crippen MR) is 184 cm³/mol. The average molecular weight is 688 g/mol. The molecule has 0 aromatic heterocycles. The van der Waals surface area contributed by atoms with Crippen molar-refractivity contribution >= 4 is 29.2 Å². The van der Waals surface area contributed by atoms with E-state index in [4.69, 9.17) is 23.7 Å². The number of rotatable bonds is 5. The third-order valence-electron chi connectivity index (χ3n) is 11.8. The van der Waals surface area contributed by atoms with E-state index in [1.807, 2.05) is 71.0 Å². The summed E-state index contributed by atoms with van der Waals surface area (Å²) in [7, 11) is 5.41. The van der Waals surface area contributed by atoms with E-state index in [2.05, 4.69) is 19.2 Å². The Hall–Kier alpha value is -2.77. The van der Waals surface area contributed by atoms with Gasteiger partial charge in [-0.05, 0) is 79.1 Å². The topological polar surface area (TPSA) is 136 Å². The Labute approximate surface area is 291 Å². The number of ether oxygens (including phenoxy) is 5. The average Bonchev–Trinajstić information content (AvgIpc) is 3.25. The second-order valence-corrected chi connectivity index (χ2v) is 15.5. The molecule has 4 aliphatic rings. The molecule has 2 N–H and O–H groups in total. The molecule has 0 radical (unpaired) electrons. The number of methoxy groups -OCH3 is 1. The van der Waals surface area contributed by atoms with Crippen LogP contribution in [0.5, 0.6) is 0 Å². The summed E-state index contributed by atoms with van der Waals surface area (Å²) < 4.78 is 31.6. The number of aliphatic hydroxyl groups excluding tert-OH is 1. The van der Waals surface area contributed by atoms with Crippen LogP contribution in [0.2, 0.25) is 0 Å². The van der Waals surface area contributed by atoms with Gasteiger partial charge in [0.2, 0.25) is 0 Å². The van der Waals surface area contributed by atoms with Crippen molar-refractivity contribution in [2.45, 2.75) is 135 Å². The van der Waals surface area contributed by atoms with Crippen LogP contribution in [0, 0.1) is 23.7 Å². The standard InChI is InChI=1S/C37H57N3O9/c1-12-27-37(8)31-21(4)28(38-24-15-13-14-16-25(24)40(31)35(44)49-37)19(2)18-36(7,45-11)32(22(5)29(41)23(6)33(43)47-27)48-34-30(42)26(39(9)10)17-20(3)46-34/h13-16,19-23,26-28,30-32,34,38,42H,12,17-18H2,1-11H3/t19-,20-,21-,22+,23-,26+,27-,28?,30-,31-,32-,34+,36-,37-/m1/s1. The van der Waals surface area contributed by atoms with Gasteiger partial charge in [0, 0.05) is 31.0 Å². The van der Waals surface area contributed by atoms with Gasteiger partial charge >= 0.3 is 12.1 Å². The van der Waals surface area contributed by atoms with E-state index < -0.39 is 65.7 Å². The van der Waals surface area contributed by atoms with Gasteiger partial charge in [0.25, 0.3) is 0 Å². The Morgan fingerprint density at radius 3 is 2.39 bits per heavy atom. The number of hydrogen-bond donors (Lipinski definition) is 2. The Morgan fingerprint density at radius 2 is 1.76 bits per heavy atom. The molecule has 1 amide bonds. The minimum Gasteiger partial charge on any atom is -0.458 e. The summed E-state index contributed by atoms with van der Waals surface area (Å²) in [4.78, 5) is 45.6. The second kappa shape index (κ2) is 14.1. The van der Waals surface area contributed by atoms with Crippen LogP contribution < -0.4 is 10.2 Å². The highest BCUT2D eigenvalue weighted by atomic mass is 16.7. The quantitative estimate of drug-likeness (QED) is 0.332. The van der Waals surface area contributed by atoms with Crippen molar-refractivity contribution < 1.29 is 43.2 Å². The number of carbonyl (C=O) groups is 3. The van der Waals surface area contributed by atoms with Gasteiger partial charge in [-0.2, -0.15) is 0 Å². The monoisotopic (exact) mass is 687 g/mol. The molecule has 1 aromatic carbocycles. The van der Waals surface area contributed by atoms with E-state index in [-0.39, 0.29) is 35.8 Å². The molecule has 0 saturated carbocycles. The van der Waals surface area contributed by atoms with E-state index >= 15 is 0 Å². The molecule has 12 heteroatoms. The van der Waals surface area contributed by atoms with Crippen LogP contribution in [0.4, 0.5) is 16.2 Å². The van der Waals surface area contributed by atoms with Gasteiger partial charge in [0.05, 0.1) is 35.2 Å². The summed E-state index contributed by atoms with van der Waals surface area (Å²) in [6.07, 6.45) is -3.06. The van der Waals surface area contributed by atoms with Crippen LogP contribution in [-0.4, -0.2) is 109 Å². The first-order valence-electron chi connectivity index (χ1n) is 17.8. The molecule has 0 spiro atoms. The number of aliphatic hydroxyl groups is 1. The summed E-state index contributed by atoms with van der Waals surface area (Å²) in [6, 6.07) is 6.71. The number of cyclic esters (lactones) is 1. The van der Waals surface area contributed by atoms with Gasteiger partial charge in [0.1, 0.15) is 18.1 Å². The highest BCUT2D eigenvalue weighted by Crippen LogP contribution is 2.49. The Kier molecular flexibility index (Phi) is 10.8. The highest BCUT2D eigenvalue weighted by molar-refractivity contribution is 6.00. The molecular formula is C37H57N3O9. The molecule has 1 unspecified atom stereocenters. The molecule has 3 fully saturated rings. The van der Waals surface area contributed by atoms with Crippen LogP contribution in [0.25, 0.3) is 0 Å². The van der Waals surface area contributed by atoms with E-state index in [9.17, 15) is 19.5 Å². The number of carbonyl (C=O) groups excluding carboxylic acids is 3. The second-order valence-electron chi connectivity index (χ2n) is 15.5. The SMILES string of the molecule is CC[C@H]1OC(=O)[C@H](C)C(=O)[C@H](C)[C@@H](O[C@@H]2O[C@H](C)C[C@H](N(C)C)[C@H]2O)[C@](C)(OC)C[C@@H](C)C2Nc3ccccc3N3C(=O)O[C@@]1(C)[C@H]3[C@@H]2C. The molecule has 49 heavy (non-hydrogen) atoms. The third-order valence-corrected chi connectivity index (χ3v) is 11.8. The zero-order valence-corrected chi connectivity index (χ0v) is 31.0. The first-order chi connectivity index (χ1) is 23.0. The van der Waals surface area contributed by atoms with Crippen molar-refractivity contribution in [1.82, 2.24) is 4.90 Å². The zero-order chi connectivity index (χ0) is 36.2. The summed E-state index contributed by atoms with van der Waals surface area (Å²) in [5.41, 5.74) is -0.810. The van der Waals surface area contributed by atoms with Gasteiger partial charge in [-0.25, -0.2) is 4.79 Å². The molecule has 5 rings (SSSR count). The van der Waals surface area contributed by atoms with Crippen LogP contribution in [0.3, 0.4) is 0 Å². The summed E-state index contributed by atoms with van der Waals surface area (Å²) in [5, 5.41) is 15.2. The molecule has 274 valence electrons. The minimum atomic E-state index is -1.21. The number of nitrogens with one attached hydrogen (secondary N) is 1.